The zero-order chi connectivity index (χ0) is 32.6. The van der Waals surface area contributed by atoms with Crippen LogP contribution in [0.25, 0.3) is 0 Å². The molecule has 236 valence electrons. The maximum absolute atomic E-state index is 14.5. The van der Waals surface area contributed by atoms with Gasteiger partial charge in [-0.3, -0.25) is 13.9 Å². The lowest BCUT2D eigenvalue weighted by atomic mass is 10.0. The quantitative estimate of drug-likeness (QED) is 0.177. The molecular weight excluding hydrogens is 606 g/mol. The Morgan fingerprint density at radius 1 is 0.800 bits per heavy atom. The number of halogens is 1. The van der Waals surface area contributed by atoms with E-state index >= 15 is 0 Å². The fourth-order valence-electron chi connectivity index (χ4n) is 5.03. The molecule has 0 aliphatic carbocycles. The molecule has 0 heterocycles. The standard InChI is InChI=1S/C36H40ClN3O4S/c1-5-22-38-36(42)34(23-29-10-7-6-8-11-29)39(24-30-18-14-26(2)15-19-30)35(41)25-40(33-13-9-12-32(37)28(33)4)45(43,44)31-20-16-27(3)17-21-31/h6-21,34H,5,22-25H2,1-4H3,(H,38,42). The van der Waals surface area contributed by atoms with Crippen molar-refractivity contribution in [3.8, 4) is 0 Å². The van der Waals surface area contributed by atoms with Gasteiger partial charge in [-0.1, -0.05) is 102 Å². The van der Waals surface area contributed by atoms with E-state index in [2.05, 4.69) is 5.32 Å². The second kappa shape index (κ2) is 15.2. The molecule has 9 heteroatoms. The van der Waals surface area contributed by atoms with Gasteiger partial charge in [-0.15, -0.1) is 0 Å². The number of carbonyl (C=O) groups excluding carboxylic acids is 2. The summed E-state index contributed by atoms with van der Waals surface area (Å²) in [6.45, 7) is 7.57. The molecule has 0 aliphatic heterocycles. The van der Waals surface area contributed by atoms with Gasteiger partial charge in [-0.25, -0.2) is 8.42 Å². The van der Waals surface area contributed by atoms with Gasteiger partial charge in [0.05, 0.1) is 10.6 Å². The van der Waals surface area contributed by atoms with E-state index in [-0.39, 0.29) is 23.8 Å². The van der Waals surface area contributed by atoms with E-state index in [4.69, 9.17) is 11.6 Å². The maximum Gasteiger partial charge on any atom is 0.264 e. The number of hydrogen-bond acceptors (Lipinski definition) is 4. The molecule has 0 fully saturated rings. The number of rotatable bonds is 13. The van der Waals surface area contributed by atoms with Crippen LogP contribution in [0.15, 0.2) is 102 Å². The number of amides is 2. The van der Waals surface area contributed by atoms with Crippen molar-refractivity contribution >= 4 is 39.1 Å². The SMILES string of the molecule is CCCNC(=O)C(Cc1ccccc1)N(Cc1ccc(C)cc1)C(=O)CN(c1cccc(Cl)c1C)S(=O)(=O)c1ccc(C)cc1. The number of nitrogens with one attached hydrogen (secondary N) is 1. The van der Waals surface area contributed by atoms with Crippen LogP contribution >= 0.6 is 11.6 Å². The first-order chi connectivity index (χ1) is 21.5. The Bertz CT molecular complexity index is 1710. The number of benzene rings is 4. The minimum atomic E-state index is -4.21. The summed E-state index contributed by atoms with van der Waals surface area (Å²) < 4.78 is 29.6. The van der Waals surface area contributed by atoms with Crippen molar-refractivity contribution in [2.45, 2.75) is 58.0 Å². The number of sulfonamides is 1. The highest BCUT2D eigenvalue weighted by Crippen LogP contribution is 2.31. The number of nitrogens with zero attached hydrogens (tertiary/aromatic N) is 2. The zero-order valence-electron chi connectivity index (χ0n) is 26.2. The molecule has 45 heavy (non-hydrogen) atoms. The third kappa shape index (κ3) is 8.53. The van der Waals surface area contributed by atoms with E-state index in [1.54, 1.807) is 37.3 Å². The van der Waals surface area contributed by atoms with Crippen LogP contribution in [0.5, 0.6) is 0 Å². The Hall–Kier alpha value is -4.14. The van der Waals surface area contributed by atoms with Crippen LogP contribution in [-0.2, 0) is 32.6 Å². The Balaban J connectivity index is 1.82. The molecule has 0 spiro atoms. The summed E-state index contributed by atoms with van der Waals surface area (Å²) in [5.41, 5.74) is 4.48. The molecule has 7 nitrogen and oxygen atoms in total. The van der Waals surface area contributed by atoms with E-state index in [9.17, 15) is 18.0 Å². The van der Waals surface area contributed by atoms with Crippen molar-refractivity contribution in [3.63, 3.8) is 0 Å². The Labute approximate surface area is 271 Å². The van der Waals surface area contributed by atoms with Crippen molar-refractivity contribution in [1.82, 2.24) is 10.2 Å². The molecule has 0 radical (unpaired) electrons. The van der Waals surface area contributed by atoms with E-state index in [1.165, 1.54) is 17.0 Å². The van der Waals surface area contributed by atoms with Gasteiger partial charge < -0.3 is 10.2 Å². The van der Waals surface area contributed by atoms with Gasteiger partial charge in [-0.2, -0.15) is 0 Å². The lowest BCUT2D eigenvalue weighted by Gasteiger charge is -2.34. The molecule has 0 bridgehead atoms. The molecule has 1 N–H and O–H groups in total. The summed E-state index contributed by atoms with van der Waals surface area (Å²) in [6.07, 6.45) is 0.987. The molecule has 1 unspecified atom stereocenters. The summed E-state index contributed by atoms with van der Waals surface area (Å²) >= 11 is 6.45. The highest BCUT2D eigenvalue weighted by molar-refractivity contribution is 7.92. The molecule has 0 saturated carbocycles. The lowest BCUT2D eigenvalue weighted by Crippen LogP contribution is -2.53. The van der Waals surface area contributed by atoms with E-state index in [0.717, 1.165) is 33.0 Å². The van der Waals surface area contributed by atoms with Crippen LogP contribution in [0.4, 0.5) is 5.69 Å². The van der Waals surface area contributed by atoms with E-state index in [1.807, 2.05) is 75.4 Å². The first-order valence-electron chi connectivity index (χ1n) is 15.0. The van der Waals surface area contributed by atoms with Crippen LogP contribution in [0.3, 0.4) is 0 Å². The average Bonchev–Trinajstić information content (AvgIpc) is 3.03. The normalized spacial score (nSPS) is 11.9. The summed E-state index contributed by atoms with van der Waals surface area (Å²) in [7, 11) is -4.21. The molecule has 4 aromatic carbocycles. The van der Waals surface area contributed by atoms with Crippen molar-refractivity contribution in [2.24, 2.45) is 0 Å². The van der Waals surface area contributed by atoms with Gasteiger partial charge in [0, 0.05) is 24.5 Å². The monoisotopic (exact) mass is 645 g/mol. The Kier molecular flexibility index (Phi) is 11.4. The molecule has 0 aliphatic rings. The second-order valence-electron chi connectivity index (χ2n) is 11.2. The molecule has 1 atom stereocenters. The zero-order valence-corrected chi connectivity index (χ0v) is 27.7. The van der Waals surface area contributed by atoms with Gasteiger partial charge in [0.2, 0.25) is 11.8 Å². The summed E-state index contributed by atoms with van der Waals surface area (Å²) in [5, 5.41) is 3.34. The van der Waals surface area contributed by atoms with Gasteiger partial charge in [0.1, 0.15) is 12.6 Å². The predicted molar refractivity (Wildman–Crippen MR) is 181 cm³/mol. The molecule has 4 aromatic rings. The van der Waals surface area contributed by atoms with Crippen LogP contribution in [0.2, 0.25) is 5.02 Å². The highest BCUT2D eigenvalue weighted by Gasteiger charge is 2.35. The van der Waals surface area contributed by atoms with Crippen molar-refractivity contribution < 1.29 is 18.0 Å². The fraction of sp³-hybridized carbons (Fsp3) is 0.278. The molecule has 0 saturated heterocycles. The Morgan fingerprint density at radius 3 is 2.04 bits per heavy atom. The fourth-order valence-corrected chi connectivity index (χ4v) is 6.67. The van der Waals surface area contributed by atoms with Crippen LogP contribution < -0.4 is 9.62 Å². The van der Waals surface area contributed by atoms with Gasteiger partial charge in [0.15, 0.2) is 0 Å². The summed E-state index contributed by atoms with van der Waals surface area (Å²) in [6, 6.07) is 27.8. The maximum atomic E-state index is 14.5. The predicted octanol–water partition coefficient (Wildman–Crippen LogP) is 6.63. The number of carbonyl (C=O) groups is 2. The van der Waals surface area contributed by atoms with Crippen molar-refractivity contribution in [2.75, 3.05) is 17.4 Å². The van der Waals surface area contributed by atoms with Gasteiger partial charge >= 0.3 is 0 Å². The minimum Gasteiger partial charge on any atom is -0.354 e. The topological polar surface area (TPSA) is 86.8 Å². The molecule has 0 aromatic heterocycles. The second-order valence-corrected chi connectivity index (χ2v) is 13.5. The molecular formula is C36H40ClN3O4S. The molecule has 2 amide bonds. The minimum absolute atomic E-state index is 0.0480. The number of aryl methyl sites for hydroxylation is 2. The smallest absolute Gasteiger partial charge is 0.264 e. The van der Waals surface area contributed by atoms with Crippen LogP contribution in [0.1, 0.15) is 41.2 Å². The van der Waals surface area contributed by atoms with Gasteiger partial charge in [-0.05, 0) is 68.1 Å². The molecule has 4 rings (SSSR count). The highest BCUT2D eigenvalue weighted by atomic mass is 35.5. The van der Waals surface area contributed by atoms with Crippen molar-refractivity contribution in [1.29, 1.82) is 0 Å². The van der Waals surface area contributed by atoms with E-state index in [0.29, 0.717) is 22.8 Å². The summed E-state index contributed by atoms with van der Waals surface area (Å²) in [5.74, 6) is -0.814. The van der Waals surface area contributed by atoms with Crippen LogP contribution in [0, 0.1) is 20.8 Å². The Morgan fingerprint density at radius 2 is 1.42 bits per heavy atom. The first-order valence-corrected chi connectivity index (χ1v) is 16.8. The van der Waals surface area contributed by atoms with E-state index < -0.39 is 28.5 Å². The number of hydrogen-bond donors (Lipinski definition) is 1. The number of anilines is 1. The van der Waals surface area contributed by atoms with Gasteiger partial charge in [0.25, 0.3) is 10.0 Å². The summed E-state index contributed by atoms with van der Waals surface area (Å²) in [4.78, 5) is 29.8. The van der Waals surface area contributed by atoms with Crippen LogP contribution in [-0.4, -0.2) is 44.3 Å². The lowest BCUT2D eigenvalue weighted by molar-refractivity contribution is -0.140. The third-order valence-electron chi connectivity index (χ3n) is 7.69. The largest absolute Gasteiger partial charge is 0.354 e. The average molecular weight is 646 g/mol. The third-order valence-corrected chi connectivity index (χ3v) is 9.87. The first kappa shape index (κ1) is 33.7. The van der Waals surface area contributed by atoms with Crippen molar-refractivity contribution in [3.05, 3.63) is 130 Å².